The minimum atomic E-state index is 0.0885. The first kappa shape index (κ1) is 49.8. The highest BCUT2D eigenvalue weighted by atomic mass is 16.6. The van der Waals surface area contributed by atoms with E-state index in [2.05, 4.69) is 75.1 Å². The standard InChI is InChI=1S/C55H95NO4/c1-5-6-7-8-9-10-11-12-13-14-15-16-17-18-19-25-38-58-45-50(44-56-36-23-20-24-37-56)60-42-40-57-39-41-59-49-34-35-55(4)48(43-49)29-31-53-52-30-28-47(27-22-21-26-46(2)3)51(52)32-33-54(53)55/h9-10,12-13,20,23,29,46-47,49-54H,5-8,11,14-19,21-22,24-28,30-45H2,1-4H3/b10-9-,13-12-/t47-,49-,50?,51?,52?,53?,54?,55-/m0/s1. The Labute approximate surface area is 371 Å². The monoisotopic (exact) mass is 834 g/mol. The van der Waals surface area contributed by atoms with Gasteiger partial charge in [0.25, 0.3) is 0 Å². The van der Waals surface area contributed by atoms with Gasteiger partial charge in [-0.15, -0.1) is 0 Å². The van der Waals surface area contributed by atoms with Crippen LogP contribution in [0.2, 0.25) is 0 Å². The second-order valence-electron chi connectivity index (χ2n) is 20.6. The fraction of sp³-hybridized carbons (Fsp3) is 0.855. The zero-order valence-electron chi connectivity index (χ0n) is 39.8. The van der Waals surface area contributed by atoms with Gasteiger partial charge in [-0.1, -0.05) is 140 Å². The van der Waals surface area contributed by atoms with Crippen molar-refractivity contribution in [3.63, 3.8) is 0 Å². The van der Waals surface area contributed by atoms with E-state index in [9.17, 15) is 0 Å². The van der Waals surface area contributed by atoms with Crippen LogP contribution in [0.1, 0.15) is 188 Å². The molecule has 3 saturated carbocycles. The maximum atomic E-state index is 6.49. The molecule has 5 rings (SSSR count). The van der Waals surface area contributed by atoms with Crippen molar-refractivity contribution in [3.05, 3.63) is 48.1 Å². The summed E-state index contributed by atoms with van der Waals surface area (Å²) in [5, 5.41) is 0. The third kappa shape index (κ3) is 17.4. The average molecular weight is 834 g/mol. The Kier molecular flexibility index (Phi) is 24.3. The molecule has 5 heteroatoms. The minimum absolute atomic E-state index is 0.0885. The van der Waals surface area contributed by atoms with Crippen molar-refractivity contribution in [2.45, 2.75) is 200 Å². The largest absolute Gasteiger partial charge is 0.379 e. The van der Waals surface area contributed by atoms with Crippen LogP contribution in [-0.4, -0.2) is 76.4 Å². The Bertz CT molecular complexity index is 1240. The second kappa shape index (κ2) is 29.3. The van der Waals surface area contributed by atoms with E-state index in [4.69, 9.17) is 18.9 Å². The number of fused-ring (bicyclic) bond motifs is 5. The molecule has 0 spiro atoms. The van der Waals surface area contributed by atoms with Crippen LogP contribution in [-0.2, 0) is 18.9 Å². The van der Waals surface area contributed by atoms with Gasteiger partial charge in [-0.3, -0.25) is 4.90 Å². The number of rotatable bonds is 32. The molecule has 5 nitrogen and oxygen atoms in total. The van der Waals surface area contributed by atoms with Gasteiger partial charge in [0.05, 0.1) is 45.2 Å². The molecule has 0 aromatic rings. The molecule has 5 aliphatic rings. The summed E-state index contributed by atoms with van der Waals surface area (Å²) in [4.78, 5) is 2.49. The van der Waals surface area contributed by atoms with Crippen LogP contribution in [0.3, 0.4) is 0 Å². The van der Waals surface area contributed by atoms with Crippen LogP contribution in [0.4, 0.5) is 0 Å². The molecule has 0 bridgehead atoms. The zero-order valence-corrected chi connectivity index (χ0v) is 39.8. The third-order valence-corrected chi connectivity index (χ3v) is 15.7. The smallest absolute Gasteiger partial charge is 0.0936 e. The maximum absolute atomic E-state index is 6.49. The Morgan fingerprint density at radius 3 is 2.33 bits per heavy atom. The summed E-state index contributed by atoms with van der Waals surface area (Å²) in [7, 11) is 0. The SMILES string of the molecule is CCCCC/C=C\C/C=C\CCCCCCCCOCC(CN1CC=CCC1)OCCOCCO[C@H]1CC[C@@]2(C)C(=CCC3C4CC[C@H](CCCCC(C)C)C4CCC32)C1. The number of nitrogens with zero attached hydrogens (tertiary/aromatic N) is 1. The quantitative estimate of drug-likeness (QED) is 0.0499. The van der Waals surface area contributed by atoms with Gasteiger partial charge in [-0.25, -0.2) is 0 Å². The van der Waals surface area contributed by atoms with Crippen molar-refractivity contribution in [1.29, 1.82) is 0 Å². The van der Waals surface area contributed by atoms with Crippen LogP contribution in [0.15, 0.2) is 48.1 Å². The van der Waals surface area contributed by atoms with Crippen molar-refractivity contribution in [1.82, 2.24) is 4.90 Å². The van der Waals surface area contributed by atoms with E-state index in [1.54, 1.807) is 5.57 Å². The van der Waals surface area contributed by atoms with Crippen molar-refractivity contribution >= 4 is 0 Å². The van der Waals surface area contributed by atoms with Gasteiger partial charge in [0.15, 0.2) is 0 Å². The first-order chi connectivity index (χ1) is 29.5. The van der Waals surface area contributed by atoms with Crippen LogP contribution in [0.5, 0.6) is 0 Å². The fourth-order valence-corrected chi connectivity index (χ4v) is 12.2. The van der Waals surface area contributed by atoms with E-state index in [1.165, 1.54) is 135 Å². The summed E-state index contributed by atoms with van der Waals surface area (Å²) in [5.41, 5.74) is 2.14. The molecule has 0 saturated heterocycles. The van der Waals surface area contributed by atoms with Crippen LogP contribution in [0.25, 0.3) is 0 Å². The predicted molar refractivity (Wildman–Crippen MR) is 255 cm³/mol. The third-order valence-electron chi connectivity index (χ3n) is 15.7. The topological polar surface area (TPSA) is 40.2 Å². The summed E-state index contributed by atoms with van der Waals surface area (Å²) in [5.74, 6) is 5.74. The molecule has 1 heterocycles. The molecular formula is C55H95NO4. The molecule has 5 unspecified atom stereocenters. The van der Waals surface area contributed by atoms with E-state index < -0.39 is 0 Å². The Morgan fingerprint density at radius 1 is 0.750 bits per heavy atom. The molecule has 1 aliphatic heterocycles. The molecule has 0 aromatic heterocycles. The number of hydrogen-bond donors (Lipinski definition) is 0. The summed E-state index contributed by atoms with van der Waals surface area (Å²) >= 11 is 0. The van der Waals surface area contributed by atoms with E-state index in [-0.39, 0.29) is 6.10 Å². The van der Waals surface area contributed by atoms with Gasteiger partial charge < -0.3 is 18.9 Å². The summed E-state index contributed by atoms with van der Waals surface area (Å²) in [6, 6.07) is 0. The fourth-order valence-electron chi connectivity index (χ4n) is 12.2. The van der Waals surface area contributed by atoms with Gasteiger partial charge in [0.2, 0.25) is 0 Å². The van der Waals surface area contributed by atoms with E-state index >= 15 is 0 Å². The van der Waals surface area contributed by atoms with Gasteiger partial charge >= 0.3 is 0 Å². The summed E-state index contributed by atoms with van der Waals surface area (Å²) in [6.07, 6.45) is 50.3. The molecule has 3 fully saturated rings. The van der Waals surface area contributed by atoms with Gasteiger partial charge in [0.1, 0.15) is 0 Å². The zero-order chi connectivity index (χ0) is 42.1. The molecule has 0 radical (unpaired) electrons. The van der Waals surface area contributed by atoms with E-state index in [0.29, 0.717) is 44.6 Å². The first-order valence-electron chi connectivity index (χ1n) is 26.2. The Balaban J connectivity index is 0.890. The number of unbranched alkanes of at least 4 members (excludes halogenated alkanes) is 10. The summed E-state index contributed by atoms with van der Waals surface area (Å²) in [6.45, 7) is 16.8. The van der Waals surface area contributed by atoms with Crippen LogP contribution < -0.4 is 0 Å². The molecule has 0 amide bonds. The maximum Gasteiger partial charge on any atom is 0.0936 e. The molecule has 0 N–H and O–H groups in total. The minimum Gasteiger partial charge on any atom is -0.379 e. The highest BCUT2D eigenvalue weighted by Crippen LogP contribution is 2.62. The number of hydrogen-bond acceptors (Lipinski definition) is 5. The lowest BCUT2D eigenvalue weighted by molar-refractivity contribution is -0.0643. The lowest BCUT2D eigenvalue weighted by Crippen LogP contribution is -2.47. The predicted octanol–water partition coefficient (Wildman–Crippen LogP) is 14.3. The molecule has 4 aliphatic carbocycles. The molecule has 344 valence electrons. The van der Waals surface area contributed by atoms with Gasteiger partial charge in [-0.05, 0) is 137 Å². The van der Waals surface area contributed by atoms with Gasteiger partial charge in [-0.2, -0.15) is 0 Å². The normalized spacial score (nSPS) is 28.7. The van der Waals surface area contributed by atoms with Crippen molar-refractivity contribution in [2.24, 2.45) is 40.9 Å². The number of allylic oxidation sites excluding steroid dienone is 5. The van der Waals surface area contributed by atoms with Crippen molar-refractivity contribution < 1.29 is 18.9 Å². The van der Waals surface area contributed by atoms with E-state index in [0.717, 1.165) is 87.4 Å². The molecule has 60 heavy (non-hydrogen) atoms. The Hall–Kier alpha value is -1.24. The number of ether oxygens (including phenoxy) is 4. The van der Waals surface area contributed by atoms with E-state index in [1.807, 2.05) is 0 Å². The average Bonchev–Trinajstić information content (AvgIpc) is 3.68. The lowest BCUT2D eigenvalue weighted by atomic mass is 9.50. The van der Waals surface area contributed by atoms with Gasteiger partial charge in [0, 0.05) is 26.2 Å². The molecular weight excluding hydrogens is 739 g/mol. The van der Waals surface area contributed by atoms with Crippen LogP contribution in [0, 0.1) is 40.9 Å². The highest BCUT2D eigenvalue weighted by Gasteiger charge is 2.54. The first-order valence-corrected chi connectivity index (χ1v) is 26.2. The second-order valence-corrected chi connectivity index (χ2v) is 20.6. The van der Waals surface area contributed by atoms with Crippen molar-refractivity contribution in [2.75, 3.05) is 59.3 Å². The lowest BCUT2D eigenvalue weighted by Gasteiger charge is -2.55. The summed E-state index contributed by atoms with van der Waals surface area (Å²) < 4.78 is 25.1. The molecule has 8 atom stereocenters. The highest BCUT2D eigenvalue weighted by molar-refractivity contribution is 5.24. The Morgan fingerprint density at radius 2 is 1.53 bits per heavy atom. The molecule has 0 aromatic carbocycles. The van der Waals surface area contributed by atoms with Crippen LogP contribution >= 0.6 is 0 Å². The van der Waals surface area contributed by atoms with Crippen molar-refractivity contribution in [3.8, 4) is 0 Å².